The number of carbonyl (C=O) groups excluding carboxylic acids is 1. The van der Waals surface area contributed by atoms with Crippen LogP contribution in [0, 0.1) is 5.82 Å². The van der Waals surface area contributed by atoms with Crippen LogP contribution in [0.5, 0.6) is 0 Å². The van der Waals surface area contributed by atoms with Crippen LogP contribution in [0.1, 0.15) is 18.4 Å². The molecule has 4 heteroatoms. The maximum Gasteiger partial charge on any atom is 0.224 e. The monoisotopic (exact) mass is 227 g/mol. The SMILES string of the molecule is O=C(Cc1ccc(Cl)cc1F)NC1CC1. The van der Waals surface area contributed by atoms with E-state index in [0.717, 1.165) is 12.8 Å². The van der Waals surface area contributed by atoms with Crippen LogP contribution in [-0.2, 0) is 11.2 Å². The Bertz CT molecular complexity index is 390. The van der Waals surface area contributed by atoms with Gasteiger partial charge >= 0.3 is 0 Å². The van der Waals surface area contributed by atoms with Crippen molar-refractivity contribution in [3.63, 3.8) is 0 Å². The standard InChI is InChI=1S/C11H11ClFNO/c12-8-2-1-7(10(13)6-8)5-11(15)14-9-3-4-9/h1-2,6,9H,3-5H2,(H,14,15). The highest BCUT2D eigenvalue weighted by atomic mass is 35.5. The van der Waals surface area contributed by atoms with Crippen LogP contribution >= 0.6 is 11.6 Å². The zero-order chi connectivity index (χ0) is 10.8. The first-order valence-electron chi connectivity index (χ1n) is 4.88. The summed E-state index contributed by atoms with van der Waals surface area (Å²) in [7, 11) is 0. The molecule has 1 aliphatic rings. The average Bonchev–Trinajstić information content (AvgIpc) is 2.94. The minimum atomic E-state index is -0.423. The van der Waals surface area contributed by atoms with Gasteiger partial charge in [0.05, 0.1) is 6.42 Å². The molecule has 0 aromatic heterocycles. The molecule has 0 saturated heterocycles. The van der Waals surface area contributed by atoms with Gasteiger partial charge in [-0.3, -0.25) is 4.79 Å². The second kappa shape index (κ2) is 4.19. The molecule has 1 amide bonds. The number of hydrogen-bond acceptors (Lipinski definition) is 1. The second-order valence-electron chi connectivity index (χ2n) is 3.75. The Morgan fingerprint density at radius 2 is 2.27 bits per heavy atom. The van der Waals surface area contributed by atoms with E-state index in [1.165, 1.54) is 6.07 Å². The Kier molecular flexibility index (Phi) is 2.91. The van der Waals surface area contributed by atoms with Crippen molar-refractivity contribution in [2.45, 2.75) is 25.3 Å². The number of amides is 1. The molecule has 0 radical (unpaired) electrons. The van der Waals surface area contributed by atoms with Gasteiger partial charge in [0.2, 0.25) is 5.91 Å². The molecule has 1 aromatic carbocycles. The summed E-state index contributed by atoms with van der Waals surface area (Å²) in [6.45, 7) is 0. The predicted octanol–water partition coefficient (Wildman–Crippen LogP) is 2.30. The van der Waals surface area contributed by atoms with E-state index >= 15 is 0 Å². The topological polar surface area (TPSA) is 29.1 Å². The normalized spacial score (nSPS) is 15.1. The lowest BCUT2D eigenvalue weighted by molar-refractivity contribution is -0.120. The van der Waals surface area contributed by atoms with Gasteiger partial charge in [-0.15, -0.1) is 0 Å². The maximum absolute atomic E-state index is 13.3. The molecule has 0 aliphatic heterocycles. The Hall–Kier alpha value is -1.09. The number of halogens is 2. The summed E-state index contributed by atoms with van der Waals surface area (Å²) in [6.07, 6.45) is 2.16. The molecule has 1 saturated carbocycles. The summed E-state index contributed by atoms with van der Waals surface area (Å²) in [5.41, 5.74) is 0.387. The highest BCUT2D eigenvalue weighted by Gasteiger charge is 2.23. The lowest BCUT2D eigenvalue weighted by Crippen LogP contribution is -2.27. The second-order valence-corrected chi connectivity index (χ2v) is 4.19. The molecule has 0 heterocycles. The highest BCUT2D eigenvalue weighted by molar-refractivity contribution is 6.30. The smallest absolute Gasteiger partial charge is 0.224 e. The lowest BCUT2D eigenvalue weighted by Gasteiger charge is -2.04. The first-order chi connectivity index (χ1) is 7.15. The molecule has 0 unspecified atom stereocenters. The maximum atomic E-state index is 13.3. The Labute approximate surface area is 92.4 Å². The largest absolute Gasteiger partial charge is 0.353 e. The Morgan fingerprint density at radius 3 is 2.87 bits per heavy atom. The van der Waals surface area contributed by atoms with Crippen LogP contribution in [-0.4, -0.2) is 11.9 Å². The zero-order valence-electron chi connectivity index (χ0n) is 8.09. The third kappa shape index (κ3) is 2.93. The Balaban J connectivity index is 1.99. The van der Waals surface area contributed by atoms with Crippen molar-refractivity contribution >= 4 is 17.5 Å². The fourth-order valence-corrected chi connectivity index (χ4v) is 1.50. The highest BCUT2D eigenvalue weighted by Crippen LogP contribution is 2.19. The molecule has 15 heavy (non-hydrogen) atoms. The molecule has 0 atom stereocenters. The fourth-order valence-electron chi connectivity index (χ4n) is 1.34. The van der Waals surface area contributed by atoms with E-state index in [1.807, 2.05) is 0 Å². The van der Waals surface area contributed by atoms with Crippen molar-refractivity contribution in [3.05, 3.63) is 34.6 Å². The quantitative estimate of drug-likeness (QED) is 0.844. The number of benzene rings is 1. The van der Waals surface area contributed by atoms with Gasteiger partial charge < -0.3 is 5.32 Å². The van der Waals surface area contributed by atoms with Crippen LogP contribution < -0.4 is 5.32 Å². The van der Waals surface area contributed by atoms with Gasteiger partial charge in [0.15, 0.2) is 0 Å². The van der Waals surface area contributed by atoms with Crippen molar-refractivity contribution in [2.24, 2.45) is 0 Å². The van der Waals surface area contributed by atoms with Crippen LogP contribution in [0.4, 0.5) is 4.39 Å². The van der Waals surface area contributed by atoms with Gasteiger partial charge in [0.25, 0.3) is 0 Å². The molecule has 1 aromatic rings. The number of rotatable bonds is 3. The molecule has 2 nitrogen and oxygen atoms in total. The van der Waals surface area contributed by atoms with Crippen molar-refractivity contribution in [1.29, 1.82) is 0 Å². The average molecular weight is 228 g/mol. The van der Waals surface area contributed by atoms with Crippen LogP contribution in [0.15, 0.2) is 18.2 Å². The fraction of sp³-hybridized carbons (Fsp3) is 0.364. The number of carbonyl (C=O) groups is 1. The molecule has 80 valence electrons. The molecule has 2 rings (SSSR count). The first kappa shape index (κ1) is 10.4. The van der Waals surface area contributed by atoms with E-state index in [-0.39, 0.29) is 12.3 Å². The molecule has 0 bridgehead atoms. The summed E-state index contributed by atoms with van der Waals surface area (Å²) in [6, 6.07) is 4.67. The Morgan fingerprint density at radius 1 is 1.53 bits per heavy atom. The van der Waals surface area contributed by atoms with Gasteiger partial charge in [-0.25, -0.2) is 4.39 Å². The third-order valence-electron chi connectivity index (χ3n) is 2.31. The minimum absolute atomic E-state index is 0.0828. The van der Waals surface area contributed by atoms with E-state index in [4.69, 9.17) is 11.6 Å². The van der Waals surface area contributed by atoms with Gasteiger partial charge in [-0.1, -0.05) is 17.7 Å². The number of hydrogen-bond donors (Lipinski definition) is 1. The van der Waals surface area contributed by atoms with Crippen molar-refractivity contribution in [3.8, 4) is 0 Å². The van der Waals surface area contributed by atoms with E-state index in [9.17, 15) is 9.18 Å². The zero-order valence-corrected chi connectivity index (χ0v) is 8.85. The summed E-state index contributed by atoms with van der Waals surface area (Å²) in [4.78, 5) is 11.4. The van der Waals surface area contributed by atoms with Gasteiger partial charge in [-0.05, 0) is 30.5 Å². The lowest BCUT2D eigenvalue weighted by atomic mass is 10.1. The van der Waals surface area contributed by atoms with E-state index in [0.29, 0.717) is 16.6 Å². The minimum Gasteiger partial charge on any atom is -0.353 e. The third-order valence-corrected chi connectivity index (χ3v) is 2.54. The molecular weight excluding hydrogens is 217 g/mol. The molecular formula is C11H11ClFNO. The van der Waals surface area contributed by atoms with Gasteiger partial charge in [-0.2, -0.15) is 0 Å². The molecule has 0 spiro atoms. The predicted molar refractivity (Wildman–Crippen MR) is 56.3 cm³/mol. The summed E-state index contributed by atoms with van der Waals surface area (Å²) >= 11 is 5.61. The van der Waals surface area contributed by atoms with Crippen molar-refractivity contribution in [2.75, 3.05) is 0 Å². The first-order valence-corrected chi connectivity index (χ1v) is 5.26. The summed E-state index contributed by atoms with van der Waals surface area (Å²) in [5, 5.41) is 3.15. The van der Waals surface area contributed by atoms with Crippen LogP contribution in [0.25, 0.3) is 0 Å². The van der Waals surface area contributed by atoms with E-state index in [2.05, 4.69) is 5.32 Å². The van der Waals surface area contributed by atoms with E-state index < -0.39 is 5.82 Å². The van der Waals surface area contributed by atoms with E-state index in [1.54, 1.807) is 12.1 Å². The number of nitrogens with one attached hydrogen (secondary N) is 1. The van der Waals surface area contributed by atoms with Gasteiger partial charge in [0.1, 0.15) is 5.82 Å². The molecule has 1 fully saturated rings. The summed E-state index contributed by atoms with van der Waals surface area (Å²) in [5.74, 6) is -0.549. The summed E-state index contributed by atoms with van der Waals surface area (Å²) < 4.78 is 13.3. The molecule has 1 aliphatic carbocycles. The van der Waals surface area contributed by atoms with Crippen LogP contribution in [0.2, 0.25) is 5.02 Å². The molecule has 1 N–H and O–H groups in total. The van der Waals surface area contributed by atoms with Gasteiger partial charge in [0, 0.05) is 11.1 Å². The van der Waals surface area contributed by atoms with Crippen molar-refractivity contribution in [1.82, 2.24) is 5.32 Å². The van der Waals surface area contributed by atoms with Crippen LogP contribution in [0.3, 0.4) is 0 Å². The van der Waals surface area contributed by atoms with Crippen molar-refractivity contribution < 1.29 is 9.18 Å².